The summed E-state index contributed by atoms with van der Waals surface area (Å²) in [6.07, 6.45) is 1.08. The van der Waals surface area contributed by atoms with E-state index in [2.05, 4.69) is 19.2 Å². The van der Waals surface area contributed by atoms with Gasteiger partial charge in [0.25, 0.3) is 0 Å². The Morgan fingerprint density at radius 2 is 2.36 bits per heavy atom. The Bertz CT molecular complexity index is 306. The number of carboxylic acid groups (broad SMARTS) is 1. The first-order valence-corrected chi connectivity index (χ1v) is 4.70. The highest BCUT2D eigenvalue weighted by Gasteiger charge is 2.08. The monoisotopic (exact) mass is 197 g/mol. The summed E-state index contributed by atoms with van der Waals surface area (Å²) in [6.45, 7) is 5.02. The second kappa shape index (κ2) is 4.69. The maximum atomic E-state index is 10.5. The van der Waals surface area contributed by atoms with E-state index in [9.17, 15) is 4.79 Å². The first-order valence-electron chi connectivity index (χ1n) is 4.70. The van der Waals surface area contributed by atoms with E-state index in [-0.39, 0.29) is 5.76 Å². The summed E-state index contributed by atoms with van der Waals surface area (Å²) in [4.78, 5) is 10.5. The third-order valence-electron chi connectivity index (χ3n) is 2.14. The summed E-state index contributed by atoms with van der Waals surface area (Å²) in [5, 5.41) is 11.6. The van der Waals surface area contributed by atoms with E-state index >= 15 is 0 Å². The van der Waals surface area contributed by atoms with E-state index in [1.165, 1.54) is 6.07 Å². The minimum Gasteiger partial charge on any atom is -0.475 e. The van der Waals surface area contributed by atoms with Crippen LogP contribution in [0.1, 0.15) is 30.8 Å². The van der Waals surface area contributed by atoms with Crippen molar-refractivity contribution in [3.05, 3.63) is 17.9 Å². The quantitative estimate of drug-likeness (QED) is 0.761. The largest absolute Gasteiger partial charge is 0.475 e. The smallest absolute Gasteiger partial charge is 0.371 e. The van der Waals surface area contributed by atoms with Crippen molar-refractivity contribution in [2.45, 2.75) is 20.3 Å². The maximum Gasteiger partial charge on any atom is 0.371 e. The maximum absolute atomic E-state index is 10.5. The van der Waals surface area contributed by atoms with Crippen molar-refractivity contribution < 1.29 is 14.3 Å². The second-order valence-electron chi connectivity index (χ2n) is 3.36. The zero-order chi connectivity index (χ0) is 10.6. The highest BCUT2D eigenvalue weighted by atomic mass is 16.4. The zero-order valence-corrected chi connectivity index (χ0v) is 8.41. The molecule has 0 bridgehead atoms. The first-order chi connectivity index (χ1) is 6.63. The van der Waals surface area contributed by atoms with Crippen LogP contribution in [0.3, 0.4) is 0 Å². The average molecular weight is 197 g/mol. The Kier molecular flexibility index (Phi) is 3.56. The third-order valence-corrected chi connectivity index (χ3v) is 2.14. The van der Waals surface area contributed by atoms with E-state index < -0.39 is 5.97 Å². The van der Waals surface area contributed by atoms with Gasteiger partial charge in [-0.15, -0.1) is 0 Å². The lowest BCUT2D eigenvalue weighted by Gasteiger charge is -2.08. The first kappa shape index (κ1) is 10.6. The number of hydrogen-bond donors (Lipinski definition) is 2. The SMILES string of the molecule is CCC(C)CNc1ccc(C(=O)O)o1. The van der Waals surface area contributed by atoms with Gasteiger partial charge in [-0.2, -0.15) is 0 Å². The van der Waals surface area contributed by atoms with Gasteiger partial charge in [0.2, 0.25) is 5.76 Å². The fraction of sp³-hybridized carbons (Fsp3) is 0.500. The van der Waals surface area contributed by atoms with E-state index in [0.29, 0.717) is 11.8 Å². The van der Waals surface area contributed by atoms with Crippen LogP contribution in [0.15, 0.2) is 16.5 Å². The second-order valence-corrected chi connectivity index (χ2v) is 3.36. The number of furan rings is 1. The molecule has 0 aliphatic carbocycles. The molecule has 1 atom stereocenters. The van der Waals surface area contributed by atoms with Crippen LogP contribution in [-0.4, -0.2) is 17.6 Å². The molecule has 0 aromatic carbocycles. The van der Waals surface area contributed by atoms with Crippen molar-refractivity contribution >= 4 is 11.9 Å². The van der Waals surface area contributed by atoms with Crippen molar-refractivity contribution in [2.24, 2.45) is 5.92 Å². The molecule has 0 saturated carbocycles. The lowest BCUT2D eigenvalue weighted by molar-refractivity contribution is 0.0663. The summed E-state index contributed by atoms with van der Waals surface area (Å²) in [6, 6.07) is 3.08. The molecule has 4 nitrogen and oxygen atoms in total. The lowest BCUT2D eigenvalue weighted by atomic mass is 10.1. The van der Waals surface area contributed by atoms with E-state index in [4.69, 9.17) is 9.52 Å². The van der Waals surface area contributed by atoms with Gasteiger partial charge in [0.15, 0.2) is 5.88 Å². The highest BCUT2D eigenvalue weighted by Crippen LogP contribution is 2.14. The highest BCUT2D eigenvalue weighted by molar-refractivity contribution is 5.84. The van der Waals surface area contributed by atoms with Crippen molar-refractivity contribution in [3.8, 4) is 0 Å². The summed E-state index contributed by atoms with van der Waals surface area (Å²) >= 11 is 0. The van der Waals surface area contributed by atoms with E-state index in [1.54, 1.807) is 6.07 Å². The van der Waals surface area contributed by atoms with Crippen molar-refractivity contribution in [3.63, 3.8) is 0 Å². The predicted molar refractivity (Wildman–Crippen MR) is 53.6 cm³/mol. The number of nitrogens with one attached hydrogen (secondary N) is 1. The van der Waals surface area contributed by atoms with Crippen LogP contribution in [0.25, 0.3) is 0 Å². The van der Waals surface area contributed by atoms with Gasteiger partial charge in [-0.1, -0.05) is 20.3 Å². The molecular weight excluding hydrogens is 182 g/mol. The average Bonchev–Trinajstić information content (AvgIpc) is 2.62. The molecular formula is C10H15NO3. The molecule has 4 heteroatoms. The fourth-order valence-corrected chi connectivity index (χ4v) is 0.967. The predicted octanol–water partition coefficient (Wildman–Crippen LogP) is 2.44. The summed E-state index contributed by atoms with van der Waals surface area (Å²) in [5.41, 5.74) is 0. The molecule has 14 heavy (non-hydrogen) atoms. The molecule has 0 amide bonds. The Morgan fingerprint density at radius 3 is 2.86 bits per heavy atom. The Hall–Kier alpha value is -1.45. The van der Waals surface area contributed by atoms with E-state index in [1.807, 2.05) is 0 Å². The Balaban J connectivity index is 2.48. The van der Waals surface area contributed by atoms with Crippen LogP contribution < -0.4 is 5.32 Å². The minimum atomic E-state index is -1.04. The van der Waals surface area contributed by atoms with Crippen LogP contribution in [0, 0.1) is 5.92 Å². The third kappa shape index (κ3) is 2.80. The molecule has 0 spiro atoms. The van der Waals surface area contributed by atoms with Crippen LogP contribution in [-0.2, 0) is 0 Å². The summed E-state index contributed by atoms with van der Waals surface area (Å²) < 4.78 is 5.03. The molecule has 1 aromatic rings. The number of aromatic carboxylic acids is 1. The van der Waals surface area contributed by atoms with Gasteiger partial charge in [-0.25, -0.2) is 4.79 Å². The van der Waals surface area contributed by atoms with E-state index in [0.717, 1.165) is 13.0 Å². The molecule has 2 N–H and O–H groups in total. The topological polar surface area (TPSA) is 62.5 Å². The van der Waals surface area contributed by atoms with Crippen molar-refractivity contribution in [1.29, 1.82) is 0 Å². The molecule has 0 fully saturated rings. The summed E-state index contributed by atoms with van der Waals surface area (Å²) in [7, 11) is 0. The number of rotatable bonds is 5. The molecule has 0 radical (unpaired) electrons. The van der Waals surface area contributed by atoms with Gasteiger partial charge in [-0.05, 0) is 12.0 Å². The number of carboxylic acids is 1. The van der Waals surface area contributed by atoms with Crippen molar-refractivity contribution in [2.75, 3.05) is 11.9 Å². The number of anilines is 1. The molecule has 1 heterocycles. The van der Waals surface area contributed by atoms with Crippen LogP contribution in [0.2, 0.25) is 0 Å². The normalized spacial score (nSPS) is 12.4. The van der Waals surface area contributed by atoms with Gasteiger partial charge in [-0.3, -0.25) is 0 Å². The fourth-order valence-electron chi connectivity index (χ4n) is 0.967. The zero-order valence-electron chi connectivity index (χ0n) is 8.41. The molecule has 0 aliphatic rings. The summed E-state index contributed by atoms with van der Waals surface area (Å²) in [5.74, 6) is -0.00526. The van der Waals surface area contributed by atoms with Gasteiger partial charge in [0.1, 0.15) is 0 Å². The minimum absolute atomic E-state index is 0.0309. The number of hydrogen-bond acceptors (Lipinski definition) is 3. The lowest BCUT2D eigenvalue weighted by Crippen LogP contribution is -2.09. The molecule has 1 unspecified atom stereocenters. The van der Waals surface area contributed by atoms with Gasteiger partial charge in [0, 0.05) is 12.6 Å². The van der Waals surface area contributed by atoms with Crippen LogP contribution in [0.4, 0.5) is 5.88 Å². The van der Waals surface area contributed by atoms with Gasteiger partial charge in [0.05, 0.1) is 0 Å². The Morgan fingerprint density at radius 1 is 1.64 bits per heavy atom. The van der Waals surface area contributed by atoms with Crippen LogP contribution in [0.5, 0.6) is 0 Å². The number of carbonyl (C=O) groups is 1. The Labute approximate surface area is 82.9 Å². The van der Waals surface area contributed by atoms with Gasteiger partial charge < -0.3 is 14.8 Å². The molecule has 78 valence electrons. The van der Waals surface area contributed by atoms with Crippen LogP contribution >= 0.6 is 0 Å². The van der Waals surface area contributed by atoms with Gasteiger partial charge >= 0.3 is 5.97 Å². The molecule has 0 saturated heterocycles. The van der Waals surface area contributed by atoms with Crippen molar-refractivity contribution in [1.82, 2.24) is 0 Å². The molecule has 1 aromatic heterocycles. The standard InChI is InChI=1S/C10H15NO3/c1-3-7(2)6-11-9-5-4-8(14-9)10(12)13/h4-5,7,11H,3,6H2,1-2H3,(H,12,13). The molecule has 1 rings (SSSR count). The molecule has 0 aliphatic heterocycles.